The van der Waals surface area contributed by atoms with E-state index in [1.54, 1.807) is 12.1 Å². The fraction of sp³-hybridized carbons (Fsp3) is 0.545. The van der Waals surface area contributed by atoms with Gasteiger partial charge in [-0.2, -0.15) is 5.10 Å². The number of carbonyl (C=O) groups excluding carboxylic acids is 1. The number of piperazine rings is 1. The van der Waals surface area contributed by atoms with Crippen molar-refractivity contribution >= 4 is 23.6 Å². The average Bonchev–Trinajstić information content (AvgIpc) is 3.03. The van der Waals surface area contributed by atoms with Gasteiger partial charge in [0.2, 0.25) is 0 Å². The van der Waals surface area contributed by atoms with Crippen LogP contribution in [0.1, 0.15) is 50.9 Å². The standard InChI is InChI=1S/C22H30ClFN4O/c1-15(2)21-20(23)22(16(3)4)28(25-21)13-19(14-29)27-11-9-26(10-12-27)18-7-5-17(24)6-8-18/h5-8,14-16,19H,9-13H2,1-4H3. The number of carbonyl (C=O) groups is 1. The van der Waals surface area contributed by atoms with Crippen LogP contribution in [0.5, 0.6) is 0 Å². The van der Waals surface area contributed by atoms with Gasteiger partial charge in [-0.05, 0) is 36.1 Å². The van der Waals surface area contributed by atoms with Crippen molar-refractivity contribution in [3.63, 3.8) is 0 Å². The molecule has 3 rings (SSSR count). The van der Waals surface area contributed by atoms with E-state index in [9.17, 15) is 9.18 Å². The molecule has 0 N–H and O–H groups in total. The fourth-order valence-electron chi connectivity index (χ4n) is 3.92. The summed E-state index contributed by atoms with van der Waals surface area (Å²) in [7, 11) is 0. The monoisotopic (exact) mass is 420 g/mol. The minimum atomic E-state index is -0.251. The van der Waals surface area contributed by atoms with Crippen LogP contribution in [-0.2, 0) is 11.3 Å². The van der Waals surface area contributed by atoms with Crippen LogP contribution in [0.15, 0.2) is 24.3 Å². The summed E-state index contributed by atoms with van der Waals surface area (Å²) < 4.78 is 15.1. The van der Waals surface area contributed by atoms with Crippen molar-refractivity contribution in [1.82, 2.24) is 14.7 Å². The first-order valence-electron chi connectivity index (χ1n) is 10.3. The molecule has 1 aliphatic heterocycles. The quantitative estimate of drug-likeness (QED) is 0.626. The second-order valence-electron chi connectivity index (χ2n) is 8.28. The van der Waals surface area contributed by atoms with Gasteiger partial charge in [-0.25, -0.2) is 4.39 Å². The van der Waals surface area contributed by atoms with Crippen LogP contribution in [0.25, 0.3) is 0 Å². The molecule has 1 atom stereocenters. The number of hydrogen-bond donors (Lipinski definition) is 0. The molecule has 7 heteroatoms. The van der Waals surface area contributed by atoms with Crippen molar-refractivity contribution in [1.29, 1.82) is 0 Å². The van der Waals surface area contributed by atoms with E-state index in [-0.39, 0.29) is 23.7 Å². The van der Waals surface area contributed by atoms with Gasteiger partial charge in [0.25, 0.3) is 0 Å². The van der Waals surface area contributed by atoms with Crippen LogP contribution in [0.2, 0.25) is 5.02 Å². The lowest BCUT2D eigenvalue weighted by atomic mass is 10.1. The van der Waals surface area contributed by atoms with Gasteiger partial charge < -0.3 is 9.69 Å². The molecule has 0 radical (unpaired) electrons. The van der Waals surface area contributed by atoms with Gasteiger partial charge in [0, 0.05) is 31.9 Å². The second kappa shape index (κ2) is 9.26. The topological polar surface area (TPSA) is 41.4 Å². The predicted molar refractivity (Wildman–Crippen MR) is 115 cm³/mol. The molecule has 1 fully saturated rings. The summed E-state index contributed by atoms with van der Waals surface area (Å²) in [6, 6.07) is 6.32. The first-order chi connectivity index (χ1) is 13.8. The van der Waals surface area contributed by atoms with E-state index in [4.69, 9.17) is 16.7 Å². The molecule has 1 aromatic carbocycles. The van der Waals surface area contributed by atoms with E-state index in [1.807, 2.05) is 4.68 Å². The first-order valence-corrected chi connectivity index (χ1v) is 10.7. The number of nitrogens with zero attached hydrogens (tertiary/aromatic N) is 4. The van der Waals surface area contributed by atoms with Crippen LogP contribution < -0.4 is 4.90 Å². The maximum absolute atomic E-state index is 13.2. The summed E-state index contributed by atoms with van der Waals surface area (Å²) in [4.78, 5) is 16.4. The van der Waals surface area contributed by atoms with E-state index in [0.29, 0.717) is 6.54 Å². The molecule has 0 spiro atoms. The summed E-state index contributed by atoms with van der Waals surface area (Å²) in [5, 5.41) is 5.46. The highest BCUT2D eigenvalue weighted by atomic mass is 35.5. The highest BCUT2D eigenvalue weighted by molar-refractivity contribution is 6.32. The molecule has 29 heavy (non-hydrogen) atoms. The van der Waals surface area contributed by atoms with Crippen LogP contribution >= 0.6 is 11.6 Å². The first kappa shape index (κ1) is 21.8. The molecule has 5 nitrogen and oxygen atoms in total. The second-order valence-corrected chi connectivity index (χ2v) is 8.66. The van der Waals surface area contributed by atoms with Crippen LogP contribution in [0, 0.1) is 5.82 Å². The molecular weight excluding hydrogens is 391 g/mol. The summed E-state index contributed by atoms with van der Waals surface area (Å²) in [5.74, 6) is 0.230. The lowest BCUT2D eigenvalue weighted by Crippen LogP contribution is -2.52. The Kier molecular flexibility index (Phi) is 6.96. The van der Waals surface area contributed by atoms with Gasteiger partial charge in [0.05, 0.1) is 29.0 Å². The largest absolute Gasteiger partial charge is 0.369 e. The summed E-state index contributed by atoms with van der Waals surface area (Å²) >= 11 is 6.61. The van der Waals surface area contributed by atoms with E-state index in [1.165, 1.54) is 12.1 Å². The van der Waals surface area contributed by atoms with Crippen molar-refractivity contribution in [2.45, 2.75) is 52.1 Å². The molecule has 1 aliphatic rings. The molecule has 1 unspecified atom stereocenters. The summed E-state index contributed by atoms with van der Waals surface area (Å²) in [6.07, 6.45) is 1.02. The molecule has 158 valence electrons. The summed E-state index contributed by atoms with van der Waals surface area (Å²) in [5.41, 5.74) is 2.89. The number of aromatic nitrogens is 2. The van der Waals surface area contributed by atoms with Crippen molar-refractivity contribution < 1.29 is 9.18 Å². The molecule has 0 aliphatic carbocycles. The predicted octanol–water partition coefficient (Wildman–Crippen LogP) is 4.31. The number of aldehydes is 1. The highest BCUT2D eigenvalue weighted by Gasteiger charge is 2.27. The van der Waals surface area contributed by atoms with Crippen molar-refractivity contribution in [3.8, 4) is 0 Å². The Balaban J connectivity index is 1.71. The third-order valence-corrected chi connectivity index (χ3v) is 5.93. The molecule has 1 saturated heterocycles. The molecule has 0 bridgehead atoms. The van der Waals surface area contributed by atoms with Gasteiger partial charge in [0.1, 0.15) is 12.1 Å². The lowest BCUT2D eigenvalue weighted by molar-refractivity contribution is -0.113. The minimum Gasteiger partial charge on any atom is -0.369 e. The normalized spacial score (nSPS) is 16.6. The lowest BCUT2D eigenvalue weighted by Gasteiger charge is -2.38. The van der Waals surface area contributed by atoms with Gasteiger partial charge in [-0.15, -0.1) is 0 Å². The smallest absolute Gasteiger partial charge is 0.139 e. The number of hydrogen-bond acceptors (Lipinski definition) is 4. The van der Waals surface area contributed by atoms with Crippen LogP contribution in [0.3, 0.4) is 0 Å². The minimum absolute atomic E-state index is 0.227. The molecule has 0 amide bonds. The number of rotatable bonds is 7. The molecule has 2 aromatic rings. The van der Waals surface area contributed by atoms with E-state index in [2.05, 4.69) is 37.5 Å². The SMILES string of the molecule is CC(C)c1nn(CC(C=O)N2CCN(c3ccc(F)cc3)CC2)c(C(C)C)c1Cl. The maximum Gasteiger partial charge on any atom is 0.139 e. The Morgan fingerprint density at radius 1 is 1.07 bits per heavy atom. The fourth-order valence-corrected chi connectivity index (χ4v) is 4.49. The van der Waals surface area contributed by atoms with Crippen molar-refractivity contribution in [2.75, 3.05) is 31.1 Å². The average molecular weight is 421 g/mol. The van der Waals surface area contributed by atoms with Crippen LogP contribution in [-0.4, -0.2) is 53.2 Å². The van der Waals surface area contributed by atoms with E-state index in [0.717, 1.165) is 54.6 Å². The van der Waals surface area contributed by atoms with Gasteiger partial charge in [0.15, 0.2) is 0 Å². The molecule has 0 saturated carbocycles. The Hall–Kier alpha value is -1.92. The Morgan fingerprint density at radius 3 is 2.21 bits per heavy atom. The molecule has 1 aromatic heterocycles. The zero-order valence-corrected chi connectivity index (χ0v) is 18.4. The van der Waals surface area contributed by atoms with Crippen molar-refractivity contribution in [2.24, 2.45) is 0 Å². The maximum atomic E-state index is 13.2. The number of halogens is 2. The third-order valence-electron chi connectivity index (χ3n) is 5.54. The zero-order valence-electron chi connectivity index (χ0n) is 17.6. The van der Waals surface area contributed by atoms with Crippen LogP contribution in [0.4, 0.5) is 10.1 Å². The van der Waals surface area contributed by atoms with E-state index < -0.39 is 0 Å². The highest BCUT2D eigenvalue weighted by Crippen LogP contribution is 2.32. The molecular formula is C22H30ClFN4O. The Bertz CT molecular complexity index is 826. The van der Waals surface area contributed by atoms with Gasteiger partial charge >= 0.3 is 0 Å². The zero-order chi connectivity index (χ0) is 21.1. The Labute approximate surface area is 177 Å². The van der Waals surface area contributed by atoms with Crippen molar-refractivity contribution in [3.05, 3.63) is 46.5 Å². The number of anilines is 1. The molecule has 2 heterocycles. The number of benzene rings is 1. The Morgan fingerprint density at radius 2 is 1.69 bits per heavy atom. The van der Waals surface area contributed by atoms with E-state index >= 15 is 0 Å². The third kappa shape index (κ3) is 4.81. The van der Waals surface area contributed by atoms with Gasteiger partial charge in [-0.3, -0.25) is 9.58 Å². The summed E-state index contributed by atoms with van der Waals surface area (Å²) in [6.45, 7) is 12.0. The van der Waals surface area contributed by atoms with Gasteiger partial charge in [-0.1, -0.05) is 39.3 Å².